The number of aliphatic hydroxyl groups excluding tert-OH is 3. The Balaban J connectivity index is 1.78. The lowest BCUT2D eigenvalue weighted by molar-refractivity contribution is -0.0730. The van der Waals surface area contributed by atoms with E-state index >= 15 is 0 Å². The van der Waals surface area contributed by atoms with Crippen molar-refractivity contribution in [3.8, 4) is 0 Å². The number of rotatable bonds is 21. The van der Waals surface area contributed by atoms with E-state index in [1.807, 2.05) is 0 Å². The molecule has 0 aliphatic carbocycles. The Kier molecular flexibility index (Phi) is 18.6. The summed E-state index contributed by atoms with van der Waals surface area (Å²) in [5.41, 5.74) is 0. The van der Waals surface area contributed by atoms with Crippen LogP contribution < -0.4 is 0 Å². The Morgan fingerprint density at radius 3 is 1.90 bits per heavy atom. The summed E-state index contributed by atoms with van der Waals surface area (Å²) in [5.74, 6) is 0. The second-order valence-corrected chi connectivity index (χ2v) is 9.09. The van der Waals surface area contributed by atoms with Crippen LogP contribution in [0.15, 0.2) is 12.2 Å². The molecule has 31 heavy (non-hydrogen) atoms. The number of aliphatic hydroxyl groups is 3. The van der Waals surface area contributed by atoms with Crippen LogP contribution in [0.2, 0.25) is 0 Å². The van der Waals surface area contributed by atoms with E-state index in [9.17, 15) is 10.2 Å². The van der Waals surface area contributed by atoms with Crippen molar-refractivity contribution >= 4 is 0 Å². The zero-order chi connectivity index (χ0) is 22.6. The molecule has 4 atom stereocenters. The lowest BCUT2D eigenvalue weighted by Crippen LogP contribution is -2.41. The number of hydrogen-bond acceptors (Lipinski definition) is 5. The van der Waals surface area contributed by atoms with Crippen LogP contribution in [0.1, 0.15) is 110 Å². The topological polar surface area (TPSA) is 79.2 Å². The van der Waals surface area contributed by atoms with E-state index in [2.05, 4.69) is 19.1 Å². The first-order valence-corrected chi connectivity index (χ1v) is 13.1. The molecule has 1 saturated heterocycles. The Morgan fingerprint density at radius 1 is 0.839 bits per heavy atom. The minimum atomic E-state index is -1.05. The van der Waals surface area contributed by atoms with Crippen LogP contribution in [-0.4, -0.2) is 59.6 Å². The molecule has 0 aromatic carbocycles. The van der Waals surface area contributed by atoms with Crippen molar-refractivity contribution in [2.75, 3.05) is 19.8 Å². The lowest BCUT2D eigenvalue weighted by atomic mass is 10.0. The van der Waals surface area contributed by atoms with E-state index < -0.39 is 31.0 Å². The summed E-state index contributed by atoms with van der Waals surface area (Å²) in [6.45, 7) is 2.72. The molecule has 0 bridgehead atoms. The molecule has 0 radical (unpaired) electrons. The molecule has 1 aliphatic rings. The first-order chi connectivity index (χ1) is 15.2. The maximum absolute atomic E-state index is 10.1. The van der Waals surface area contributed by atoms with Crippen molar-refractivity contribution in [2.45, 2.75) is 134 Å². The highest BCUT2D eigenvalue weighted by atomic mass is 16.6. The van der Waals surface area contributed by atoms with Gasteiger partial charge in [0.1, 0.15) is 24.4 Å². The summed E-state index contributed by atoms with van der Waals surface area (Å²) >= 11 is 0. The second kappa shape index (κ2) is 20.2. The Morgan fingerprint density at radius 2 is 1.35 bits per heavy atom. The molecule has 1 aliphatic heterocycles. The predicted octanol–water partition coefficient (Wildman–Crippen LogP) is 5.30. The van der Waals surface area contributed by atoms with Crippen LogP contribution >= 0.6 is 0 Å². The summed E-state index contributed by atoms with van der Waals surface area (Å²) in [4.78, 5) is 0. The van der Waals surface area contributed by atoms with Crippen molar-refractivity contribution in [3.05, 3.63) is 12.2 Å². The molecule has 184 valence electrons. The van der Waals surface area contributed by atoms with Crippen molar-refractivity contribution in [3.63, 3.8) is 0 Å². The molecule has 0 aromatic heterocycles. The van der Waals surface area contributed by atoms with Gasteiger partial charge in [0.05, 0.1) is 13.2 Å². The average molecular weight is 443 g/mol. The van der Waals surface area contributed by atoms with Crippen molar-refractivity contribution < 1.29 is 24.8 Å². The molecule has 1 heterocycles. The van der Waals surface area contributed by atoms with Gasteiger partial charge >= 0.3 is 0 Å². The Bertz CT molecular complexity index is 415. The van der Waals surface area contributed by atoms with E-state index in [0.29, 0.717) is 6.61 Å². The third-order valence-electron chi connectivity index (χ3n) is 6.22. The Labute approximate surface area is 191 Å². The summed E-state index contributed by atoms with van der Waals surface area (Å²) in [7, 11) is 0. The predicted molar refractivity (Wildman–Crippen MR) is 127 cm³/mol. The quantitative estimate of drug-likeness (QED) is 0.166. The molecule has 0 spiro atoms. The van der Waals surface area contributed by atoms with Gasteiger partial charge in [-0.25, -0.2) is 0 Å². The fraction of sp³-hybridized carbons (Fsp3) is 0.923. The van der Waals surface area contributed by atoms with Crippen LogP contribution in [0.4, 0.5) is 0 Å². The standard InChI is InChI=1S/C26H50O5/c1-2-3-4-5-6-7-8-9-10-11-12-13-14-15-16-17-18-19-20-30-24-22-31-26(25(24)29)23(28)21-27/h5-6,23-29H,2-4,7-22H2,1H3/b6-5+/t23-,24+,25-,26-/m1/s1. The zero-order valence-electron chi connectivity index (χ0n) is 20.1. The maximum Gasteiger partial charge on any atom is 0.114 e. The smallest absolute Gasteiger partial charge is 0.114 e. The lowest BCUT2D eigenvalue weighted by Gasteiger charge is -2.20. The number of allylic oxidation sites excluding steroid dienone is 2. The average Bonchev–Trinajstić information content (AvgIpc) is 3.15. The number of hydrogen-bond donors (Lipinski definition) is 3. The first-order valence-electron chi connectivity index (χ1n) is 13.1. The highest BCUT2D eigenvalue weighted by Gasteiger charge is 2.40. The van der Waals surface area contributed by atoms with Crippen LogP contribution in [0.25, 0.3) is 0 Å². The molecular formula is C26H50O5. The molecule has 0 saturated carbocycles. The van der Waals surface area contributed by atoms with E-state index in [1.165, 1.54) is 89.9 Å². The molecular weight excluding hydrogens is 392 g/mol. The molecule has 0 unspecified atom stereocenters. The van der Waals surface area contributed by atoms with Gasteiger partial charge in [-0.1, -0.05) is 96.1 Å². The molecule has 5 nitrogen and oxygen atoms in total. The highest BCUT2D eigenvalue weighted by molar-refractivity contribution is 4.88. The summed E-state index contributed by atoms with van der Waals surface area (Å²) < 4.78 is 11.0. The summed E-state index contributed by atoms with van der Waals surface area (Å²) in [5, 5.41) is 28.6. The van der Waals surface area contributed by atoms with Crippen molar-refractivity contribution in [1.29, 1.82) is 0 Å². The van der Waals surface area contributed by atoms with Crippen molar-refractivity contribution in [2.24, 2.45) is 0 Å². The van der Waals surface area contributed by atoms with E-state index in [0.717, 1.165) is 12.8 Å². The third kappa shape index (κ3) is 14.3. The number of ether oxygens (including phenoxy) is 2. The van der Waals surface area contributed by atoms with Gasteiger partial charge in [-0.05, 0) is 25.7 Å². The van der Waals surface area contributed by atoms with Crippen LogP contribution in [0.3, 0.4) is 0 Å². The van der Waals surface area contributed by atoms with Gasteiger partial charge in [0, 0.05) is 6.61 Å². The highest BCUT2D eigenvalue weighted by Crippen LogP contribution is 2.20. The van der Waals surface area contributed by atoms with Gasteiger partial charge in [-0.3, -0.25) is 0 Å². The SMILES string of the molecule is CCCC/C=C/CCCCCCCCCCCCCCO[C@H]1CO[C@H]([C@H](O)CO)[C@@H]1O. The summed E-state index contributed by atoms with van der Waals surface area (Å²) in [6, 6.07) is 0. The zero-order valence-corrected chi connectivity index (χ0v) is 20.1. The molecule has 1 rings (SSSR count). The fourth-order valence-corrected chi connectivity index (χ4v) is 4.13. The fourth-order valence-electron chi connectivity index (χ4n) is 4.13. The maximum atomic E-state index is 10.1. The normalized spacial score (nSPS) is 22.5. The van der Waals surface area contributed by atoms with Crippen LogP contribution in [0.5, 0.6) is 0 Å². The van der Waals surface area contributed by atoms with Gasteiger partial charge in [0.2, 0.25) is 0 Å². The second-order valence-electron chi connectivity index (χ2n) is 9.09. The number of unbranched alkanes of at least 4 members (excludes halogenated alkanes) is 14. The van der Waals surface area contributed by atoms with Gasteiger partial charge in [0.15, 0.2) is 0 Å². The van der Waals surface area contributed by atoms with Gasteiger partial charge in [0.25, 0.3) is 0 Å². The van der Waals surface area contributed by atoms with E-state index in [-0.39, 0.29) is 6.61 Å². The minimum Gasteiger partial charge on any atom is -0.394 e. The van der Waals surface area contributed by atoms with Gasteiger partial charge in [-0.15, -0.1) is 0 Å². The molecule has 5 heteroatoms. The van der Waals surface area contributed by atoms with Gasteiger partial charge in [-0.2, -0.15) is 0 Å². The van der Waals surface area contributed by atoms with E-state index in [4.69, 9.17) is 14.6 Å². The van der Waals surface area contributed by atoms with Crippen LogP contribution in [-0.2, 0) is 9.47 Å². The molecule has 0 aromatic rings. The first kappa shape index (κ1) is 28.6. The largest absolute Gasteiger partial charge is 0.394 e. The molecule has 0 amide bonds. The summed E-state index contributed by atoms with van der Waals surface area (Å²) in [6.07, 6.45) is 22.5. The molecule has 1 fully saturated rings. The van der Waals surface area contributed by atoms with Gasteiger partial charge < -0.3 is 24.8 Å². The Hall–Kier alpha value is -0.460. The van der Waals surface area contributed by atoms with E-state index in [1.54, 1.807) is 0 Å². The monoisotopic (exact) mass is 442 g/mol. The van der Waals surface area contributed by atoms with Crippen LogP contribution in [0, 0.1) is 0 Å². The third-order valence-corrected chi connectivity index (χ3v) is 6.22. The minimum absolute atomic E-state index is 0.277. The molecule has 3 N–H and O–H groups in total. The van der Waals surface area contributed by atoms with Crippen molar-refractivity contribution in [1.82, 2.24) is 0 Å².